The first-order valence-corrected chi connectivity index (χ1v) is 5.50. The number of hydrogen-bond acceptors (Lipinski definition) is 2. The first-order chi connectivity index (χ1) is 6.29. The molecule has 1 N–H and O–H groups in total. The Labute approximate surface area is 85.9 Å². The molecule has 4 heteroatoms. The van der Waals surface area contributed by atoms with Gasteiger partial charge in [0.25, 0.3) is 0 Å². The van der Waals surface area contributed by atoms with Gasteiger partial charge in [0, 0.05) is 0 Å². The van der Waals surface area contributed by atoms with E-state index in [0.29, 0.717) is 6.04 Å². The lowest BCUT2D eigenvalue weighted by Gasteiger charge is -2.22. The normalized spacial score (nSPS) is 19.2. The highest BCUT2D eigenvalue weighted by molar-refractivity contribution is 9.10. The molecule has 0 aromatic carbocycles. The minimum atomic E-state index is 0.241. The summed E-state index contributed by atoms with van der Waals surface area (Å²) in [7, 11) is 0. The van der Waals surface area contributed by atoms with Crippen LogP contribution < -0.4 is 0 Å². The van der Waals surface area contributed by atoms with Gasteiger partial charge in [-0.05, 0) is 28.8 Å². The molecular formula is C9H13BrN2O. The van der Waals surface area contributed by atoms with Crippen LogP contribution >= 0.6 is 15.9 Å². The Morgan fingerprint density at radius 1 is 1.38 bits per heavy atom. The number of rotatable bonds is 1. The van der Waals surface area contributed by atoms with E-state index in [2.05, 4.69) is 21.0 Å². The van der Waals surface area contributed by atoms with E-state index in [-0.39, 0.29) is 5.75 Å². The van der Waals surface area contributed by atoms with E-state index < -0.39 is 0 Å². The quantitative estimate of drug-likeness (QED) is 0.826. The molecule has 0 amide bonds. The predicted molar refractivity (Wildman–Crippen MR) is 53.7 cm³/mol. The second kappa shape index (κ2) is 3.70. The van der Waals surface area contributed by atoms with Crippen LogP contribution in [0, 0.1) is 0 Å². The average Bonchev–Trinajstić information content (AvgIpc) is 2.49. The number of hydrogen-bond donors (Lipinski definition) is 1. The van der Waals surface area contributed by atoms with Crippen molar-refractivity contribution in [1.82, 2.24) is 9.78 Å². The maximum atomic E-state index is 9.34. The molecule has 1 fully saturated rings. The van der Waals surface area contributed by atoms with Gasteiger partial charge in [-0.2, -0.15) is 5.10 Å². The van der Waals surface area contributed by atoms with E-state index in [0.717, 1.165) is 4.60 Å². The third kappa shape index (κ3) is 1.73. The van der Waals surface area contributed by atoms with Gasteiger partial charge >= 0.3 is 0 Å². The van der Waals surface area contributed by atoms with Crippen molar-refractivity contribution in [2.75, 3.05) is 0 Å². The fraction of sp³-hybridized carbons (Fsp3) is 0.667. The molecule has 0 atom stereocenters. The SMILES string of the molecule is Oc1cnn(C2CCCCC2)c1Br. The molecule has 1 aliphatic rings. The summed E-state index contributed by atoms with van der Waals surface area (Å²) in [6.45, 7) is 0. The first kappa shape index (κ1) is 9.06. The summed E-state index contributed by atoms with van der Waals surface area (Å²) in [4.78, 5) is 0. The monoisotopic (exact) mass is 244 g/mol. The van der Waals surface area contributed by atoms with Crippen LogP contribution in [0.15, 0.2) is 10.8 Å². The van der Waals surface area contributed by atoms with Crippen LogP contribution in [0.5, 0.6) is 5.75 Å². The molecule has 1 saturated carbocycles. The minimum absolute atomic E-state index is 0.241. The fourth-order valence-electron chi connectivity index (χ4n) is 1.92. The summed E-state index contributed by atoms with van der Waals surface area (Å²) in [5.41, 5.74) is 0. The molecule has 0 saturated heterocycles. The highest BCUT2D eigenvalue weighted by Gasteiger charge is 2.19. The lowest BCUT2D eigenvalue weighted by Crippen LogP contribution is -2.14. The van der Waals surface area contributed by atoms with Gasteiger partial charge in [-0.15, -0.1) is 0 Å². The van der Waals surface area contributed by atoms with Gasteiger partial charge in [-0.25, -0.2) is 0 Å². The lowest BCUT2D eigenvalue weighted by molar-refractivity contribution is 0.323. The van der Waals surface area contributed by atoms with E-state index in [9.17, 15) is 5.11 Å². The van der Waals surface area contributed by atoms with Crippen LogP contribution in [0.4, 0.5) is 0 Å². The molecular weight excluding hydrogens is 232 g/mol. The molecule has 1 aliphatic carbocycles. The maximum Gasteiger partial charge on any atom is 0.168 e. The van der Waals surface area contributed by atoms with E-state index in [1.807, 2.05) is 4.68 Å². The minimum Gasteiger partial charge on any atom is -0.504 e. The van der Waals surface area contributed by atoms with Crippen LogP contribution in [0.25, 0.3) is 0 Å². The number of halogens is 1. The fourth-order valence-corrected chi connectivity index (χ4v) is 2.40. The lowest BCUT2D eigenvalue weighted by atomic mass is 9.96. The maximum absolute atomic E-state index is 9.34. The summed E-state index contributed by atoms with van der Waals surface area (Å²) in [6, 6.07) is 0.476. The van der Waals surface area contributed by atoms with Crippen molar-refractivity contribution in [3.63, 3.8) is 0 Å². The second-order valence-corrected chi connectivity index (χ2v) is 4.31. The van der Waals surface area contributed by atoms with Gasteiger partial charge in [-0.3, -0.25) is 4.68 Å². The smallest absolute Gasteiger partial charge is 0.168 e. The van der Waals surface area contributed by atoms with Crippen molar-refractivity contribution in [3.05, 3.63) is 10.8 Å². The largest absolute Gasteiger partial charge is 0.504 e. The Hall–Kier alpha value is -0.510. The molecule has 3 nitrogen and oxygen atoms in total. The molecule has 1 aromatic heterocycles. The van der Waals surface area contributed by atoms with Gasteiger partial charge in [0.05, 0.1) is 12.2 Å². The van der Waals surface area contributed by atoms with Crippen molar-refractivity contribution in [2.45, 2.75) is 38.1 Å². The van der Waals surface area contributed by atoms with Crippen LogP contribution in [-0.4, -0.2) is 14.9 Å². The highest BCUT2D eigenvalue weighted by Crippen LogP contribution is 2.33. The van der Waals surface area contributed by atoms with Crippen molar-refractivity contribution in [3.8, 4) is 5.75 Å². The topological polar surface area (TPSA) is 38.1 Å². The molecule has 13 heavy (non-hydrogen) atoms. The Morgan fingerprint density at radius 3 is 2.62 bits per heavy atom. The molecule has 0 spiro atoms. The third-order valence-corrected chi connectivity index (χ3v) is 3.41. The zero-order valence-corrected chi connectivity index (χ0v) is 9.00. The average molecular weight is 245 g/mol. The van der Waals surface area contributed by atoms with E-state index in [1.165, 1.54) is 38.3 Å². The van der Waals surface area contributed by atoms with Crippen LogP contribution in [-0.2, 0) is 0 Å². The number of nitrogens with zero attached hydrogens (tertiary/aromatic N) is 2. The molecule has 0 aliphatic heterocycles. The van der Waals surface area contributed by atoms with Gasteiger partial charge < -0.3 is 5.11 Å². The summed E-state index contributed by atoms with van der Waals surface area (Å²) in [5, 5.41) is 13.5. The van der Waals surface area contributed by atoms with Crippen molar-refractivity contribution in [1.29, 1.82) is 0 Å². The second-order valence-electron chi connectivity index (χ2n) is 3.56. The van der Waals surface area contributed by atoms with Gasteiger partial charge in [0.15, 0.2) is 5.75 Å². The number of aromatic nitrogens is 2. The van der Waals surface area contributed by atoms with E-state index in [4.69, 9.17) is 0 Å². The molecule has 0 unspecified atom stereocenters. The molecule has 72 valence electrons. The summed E-state index contributed by atoms with van der Waals surface area (Å²) in [5.74, 6) is 0.241. The summed E-state index contributed by atoms with van der Waals surface area (Å²) in [6.07, 6.45) is 7.74. The zero-order chi connectivity index (χ0) is 9.26. The Balaban J connectivity index is 2.18. The van der Waals surface area contributed by atoms with Crippen LogP contribution in [0.2, 0.25) is 0 Å². The van der Waals surface area contributed by atoms with Crippen molar-refractivity contribution >= 4 is 15.9 Å². The van der Waals surface area contributed by atoms with E-state index in [1.54, 1.807) is 0 Å². The molecule has 1 heterocycles. The molecule has 1 aromatic rings. The van der Waals surface area contributed by atoms with Crippen LogP contribution in [0.3, 0.4) is 0 Å². The predicted octanol–water partition coefficient (Wildman–Crippen LogP) is 2.86. The Kier molecular flexibility index (Phi) is 2.58. The Bertz CT molecular complexity index is 292. The molecule has 0 radical (unpaired) electrons. The van der Waals surface area contributed by atoms with Gasteiger partial charge in [-0.1, -0.05) is 19.3 Å². The molecule has 2 rings (SSSR count). The van der Waals surface area contributed by atoms with Gasteiger partial charge in [0.1, 0.15) is 4.60 Å². The highest BCUT2D eigenvalue weighted by atomic mass is 79.9. The first-order valence-electron chi connectivity index (χ1n) is 4.71. The van der Waals surface area contributed by atoms with Crippen molar-refractivity contribution < 1.29 is 5.11 Å². The standard InChI is InChI=1S/C9H13BrN2O/c10-9-8(13)6-11-12(9)7-4-2-1-3-5-7/h6-7,13H,1-5H2. The van der Waals surface area contributed by atoms with Crippen LogP contribution in [0.1, 0.15) is 38.1 Å². The third-order valence-electron chi connectivity index (χ3n) is 2.64. The van der Waals surface area contributed by atoms with E-state index >= 15 is 0 Å². The van der Waals surface area contributed by atoms with Crippen molar-refractivity contribution in [2.24, 2.45) is 0 Å². The number of aromatic hydroxyl groups is 1. The summed E-state index contributed by atoms with van der Waals surface area (Å²) < 4.78 is 2.62. The molecule has 0 bridgehead atoms. The Morgan fingerprint density at radius 2 is 2.08 bits per heavy atom. The van der Waals surface area contributed by atoms with Gasteiger partial charge in [0.2, 0.25) is 0 Å². The summed E-state index contributed by atoms with van der Waals surface area (Å²) >= 11 is 3.34. The zero-order valence-electron chi connectivity index (χ0n) is 7.41.